The Balaban J connectivity index is 3.14. The van der Waals surface area contributed by atoms with Crippen molar-refractivity contribution in [2.45, 2.75) is 58.6 Å². The highest BCUT2D eigenvalue weighted by Crippen LogP contribution is 2.27. The normalized spacial score (nSPS) is 15.5. The summed E-state index contributed by atoms with van der Waals surface area (Å²) in [5.41, 5.74) is 0.335. The van der Waals surface area contributed by atoms with Gasteiger partial charge in [0.25, 0.3) is 0 Å². The van der Waals surface area contributed by atoms with Gasteiger partial charge in [-0.2, -0.15) is 0 Å². The molecule has 110 valence electrons. The highest BCUT2D eigenvalue weighted by Gasteiger charge is 2.28. The van der Waals surface area contributed by atoms with Crippen LogP contribution in [0.5, 0.6) is 0 Å². The van der Waals surface area contributed by atoms with Gasteiger partial charge < -0.3 is 9.52 Å². The molecule has 1 aromatic heterocycles. The molecule has 1 aromatic rings. The van der Waals surface area contributed by atoms with E-state index in [-0.39, 0.29) is 23.5 Å². The molecule has 0 amide bonds. The van der Waals surface area contributed by atoms with Crippen molar-refractivity contribution in [3.05, 3.63) is 17.1 Å². The minimum Gasteiger partial charge on any atom is -0.465 e. The highest BCUT2D eigenvalue weighted by atomic mass is 32.2. The topological polar surface area (TPSA) is 79.5 Å². The van der Waals surface area contributed by atoms with Gasteiger partial charge in [-0.15, -0.1) is 0 Å². The molecular weight excluding hydrogens is 266 g/mol. The Hall–Kier alpha value is -0.850. The van der Waals surface area contributed by atoms with Crippen molar-refractivity contribution in [1.82, 2.24) is 4.72 Å². The van der Waals surface area contributed by atoms with E-state index in [0.717, 1.165) is 6.42 Å². The third kappa shape index (κ3) is 3.38. The maximum Gasteiger partial charge on any atom is 0.244 e. The molecule has 0 radical (unpaired) electrons. The molecule has 0 spiro atoms. The van der Waals surface area contributed by atoms with Crippen molar-refractivity contribution in [3.8, 4) is 0 Å². The highest BCUT2D eigenvalue weighted by molar-refractivity contribution is 7.89. The molecule has 2 unspecified atom stereocenters. The predicted molar refractivity (Wildman–Crippen MR) is 73.3 cm³/mol. The van der Waals surface area contributed by atoms with E-state index in [1.165, 1.54) is 0 Å². The second-order valence-electron chi connectivity index (χ2n) is 4.98. The van der Waals surface area contributed by atoms with Gasteiger partial charge in [-0.1, -0.05) is 20.3 Å². The summed E-state index contributed by atoms with van der Waals surface area (Å²) >= 11 is 0. The molecule has 0 aliphatic carbocycles. The first-order chi connectivity index (χ1) is 8.74. The lowest BCUT2D eigenvalue weighted by atomic mass is 10.0. The number of aryl methyl sites for hydroxylation is 2. The summed E-state index contributed by atoms with van der Waals surface area (Å²) in [7, 11) is -3.67. The molecule has 0 saturated heterocycles. The number of nitrogens with one attached hydrogen (secondary N) is 1. The van der Waals surface area contributed by atoms with E-state index >= 15 is 0 Å². The number of aliphatic hydroxyl groups is 1. The summed E-state index contributed by atoms with van der Waals surface area (Å²) < 4.78 is 32.8. The van der Waals surface area contributed by atoms with Crippen LogP contribution in [0.15, 0.2) is 9.31 Å². The molecule has 1 rings (SSSR count). The van der Waals surface area contributed by atoms with Crippen molar-refractivity contribution < 1.29 is 17.9 Å². The van der Waals surface area contributed by atoms with Crippen molar-refractivity contribution in [2.24, 2.45) is 5.92 Å². The van der Waals surface area contributed by atoms with Gasteiger partial charge in [0, 0.05) is 11.6 Å². The van der Waals surface area contributed by atoms with E-state index in [4.69, 9.17) is 4.42 Å². The monoisotopic (exact) mass is 289 g/mol. The fourth-order valence-corrected chi connectivity index (χ4v) is 3.81. The Morgan fingerprint density at radius 3 is 2.32 bits per heavy atom. The minimum absolute atomic E-state index is 0.0719. The van der Waals surface area contributed by atoms with Crippen LogP contribution in [0.3, 0.4) is 0 Å². The van der Waals surface area contributed by atoms with Gasteiger partial charge in [-0.3, -0.25) is 0 Å². The van der Waals surface area contributed by atoms with Gasteiger partial charge in [0.1, 0.15) is 16.4 Å². The maximum absolute atomic E-state index is 12.4. The molecule has 0 aromatic carbocycles. The first-order valence-corrected chi connectivity index (χ1v) is 7.94. The SMILES string of the molecule is CCC(C)C(C)NS(=O)(=O)c1c(C)oc(C)c1CO. The summed E-state index contributed by atoms with van der Waals surface area (Å²) in [6.45, 7) is 8.74. The second-order valence-corrected chi connectivity index (χ2v) is 6.63. The average molecular weight is 289 g/mol. The first-order valence-electron chi connectivity index (χ1n) is 6.46. The van der Waals surface area contributed by atoms with Crippen molar-refractivity contribution >= 4 is 10.0 Å². The quantitative estimate of drug-likeness (QED) is 0.840. The summed E-state index contributed by atoms with van der Waals surface area (Å²) in [5.74, 6) is 0.989. The van der Waals surface area contributed by atoms with Crippen LogP contribution < -0.4 is 4.72 Å². The smallest absolute Gasteiger partial charge is 0.244 e. The standard InChI is InChI=1S/C13H23NO4S/c1-6-8(2)9(3)14-19(16,17)13-11(5)18-10(4)12(13)7-15/h8-9,14-15H,6-7H2,1-5H3. The van der Waals surface area contributed by atoms with Crippen LogP contribution in [0, 0.1) is 19.8 Å². The number of aliphatic hydroxyl groups excluding tert-OH is 1. The molecule has 2 N–H and O–H groups in total. The zero-order valence-corrected chi connectivity index (χ0v) is 13.0. The third-order valence-electron chi connectivity index (χ3n) is 3.59. The van der Waals surface area contributed by atoms with E-state index < -0.39 is 10.0 Å². The molecule has 5 nitrogen and oxygen atoms in total. The van der Waals surface area contributed by atoms with Crippen LogP contribution in [0.25, 0.3) is 0 Å². The number of sulfonamides is 1. The van der Waals surface area contributed by atoms with Crippen molar-refractivity contribution in [2.75, 3.05) is 0 Å². The Morgan fingerprint density at radius 2 is 1.84 bits per heavy atom. The predicted octanol–water partition coefficient (Wildman–Crippen LogP) is 2.10. The Kier molecular flexibility index (Phi) is 5.18. The third-order valence-corrected chi connectivity index (χ3v) is 5.34. The number of hydrogen-bond donors (Lipinski definition) is 2. The maximum atomic E-state index is 12.4. The molecule has 0 saturated carbocycles. The van der Waals surface area contributed by atoms with E-state index in [0.29, 0.717) is 17.1 Å². The molecule has 0 aliphatic heterocycles. The summed E-state index contributed by atoms with van der Waals surface area (Å²) in [6.07, 6.45) is 0.889. The lowest BCUT2D eigenvalue weighted by Crippen LogP contribution is -2.37. The Bertz CT molecular complexity index is 533. The van der Waals surface area contributed by atoms with Crippen LogP contribution in [-0.4, -0.2) is 19.6 Å². The largest absolute Gasteiger partial charge is 0.465 e. The molecule has 0 bridgehead atoms. The van der Waals surface area contributed by atoms with Gasteiger partial charge in [0.15, 0.2) is 0 Å². The molecule has 19 heavy (non-hydrogen) atoms. The second kappa shape index (κ2) is 6.07. The molecular formula is C13H23NO4S. The van der Waals surface area contributed by atoms with Gasteiger partial charge in [-0.25, -0.2) is 13.1 Å². The Morgan fingerprint density at radius 1 is 1.26 bits per heavy atom. The molecule has 0 fully saturated rings. The van der Waals surface area contributed by atoms with E-state index in [1.807, 2.05) is 20.8 Å². The van der Waals surface area contributed by atoms with E-state index in [9.17, 15) is 13.5 Å². The number of hydrogen-bond acceptors (Lipinski definition) is 4. The van der Waals surface area contributed by atoms with Crippen LogP contribution in [0.4, 0.5) is 0 Å². The van der Waals surface area contributed by atoms with Gasteiger partial charge >= 0.3 is 0 Å². The first kappa shape index (κ1) is 16.2. The van der Waals surface area contributed by atoms with Gasteiger partial charge in [-0.05, 0) is 26.7 Å². The molecule has 2 atom stereocenters. The lowest BCUT2D eigenvalue weighted by molar-refractivity contribution is 0.276. The van der Waals surface area contributed by atoms with Crippen LogP contribution >= 0.6 is 0 Å². The van der Waals surface area contributed by atoms with Gasteiger partial charge in [0.05, 0.1) is 6.61 Å². The van der Waals surface area contributed by atoms with E-state index in [1.54, 1.807) is 13.8 Å². The van der Waals surface area contributed by atoms with Crippen LogP contribution in [-0.2, 0) is 16.6 Å². The minimum atomic E-state index is -3.67. The fraction of sp³-hybridized carbons (Fsp3) is 0.692. The fourth-order valence-electron chi connectivity index (χ4n) is 2.02. The number of rotatable bonds is 6. The molecule has 1 heterocycles. The average Bonchev–Trinajstić information content (AvgIpc) is 2.62. The van der Waals surface area contributed by atoms with Crippen molar-refractivity contribution in [3.63, 3.8) is 0 Å². The van der Waals surface area contributed by atoms with Gasteiger partial charge in [0.2, 0.25) is 10.0 Å². The van der Waals surface area contributed by atoms with E-state index in [2.05, 4.69) is 4.72 Å². The van der Waals surface area contributed by atoms with Crippen LogP contribution in [0.2, 0.25) is 0 Å². The zero-order chi connectivity index (χ0) is 14.8. The molecule has 0 aliphatic rings. The lowest BCUT2D eigenvalue weighted by Gasteiger charge is -2.20. The number of furan rings is 1. The van der Waals surface area contributed by atoms with Crippen molar-refractivity contribution in [1.29, 1.82) is 0 Å². The van der Waals surface area contributed by atoms with Crippen LogP contribution in [0.1, 0.15) is 44.3 Å². The Labute approximate surface area is 115 Å². The summed E-state index contributed by atoms with van der Waals surface area (Å²) in [5, 5.41) is 9.31. The zero-order valence-electron chi connectivity index (χ0n) is 12.1. The molecule has 6 heteroatoms. The summed E-state index contributed by atoms with van der Waals surface area (Å²) in [6, 6.07) is -0.170. The summed E-state index contributed by atoms with van der Waals surface area (Å²) in [4.78, 5) is 0.0719.